The van der Waals surface area contributed by atoms with Crippen LogP contribution in [-0.4, -0.2) is 19.1 Å². The van der Waals surface area contributed by atoms with Gasteiger partial charge in [0.05, 0.1) is 11.8 Å². The zero-order valence-corrected chi connectivity index (χ0v) is 15.4. The predicted molar refractivity (Wildman–Crippen MR) is 90.6 cm³/mol. The van der Waals surface area contributed by atoms with E-state index >= 15 is 0 Å². The SMILES string of the molecule is O=C(C(CF)c1cc(Br)ccc1F)C(CF)c1cc(Br)ccc1F. The monoisotopic (exact) mass is 466 g/mol. The molecule has 0 saturated heterocycles. The van der Waals surface area contributed by atoms with Crippen molar-refractivity contribution in [3.05, 3.63) is 68.1 Å². The molecule has 2 aromatic rings. The van der Waals surface area contributed by atoms with Crippen LogP contribution in [0.15, 0.2) is 45.3 Å². The lowest BCUT2D eigenvalue weighted by Gasteiger charge is -2.20. The Labute approximate surface area is 153 Å². The minimum Gasteiger partial charge on any atom is -0.298 e. The summed E-state index contributed by atoms with van der Waals surface area (Å²) in [6, 6.07) is 7.51. The zero-order chi connectivity index (χ0) is 17.9. The second kappa shape index (κ2) is 8.25. The molecule has 128 valence electrons. The number of Topliss-reactive ketones (excluding diaryl/α,β-unsaturated/α-hetero) is 1. The Balaban J connectivity index is 2.45. The summed E-state index contributed by atoms with van der Waals surface area (Å²) in [6.07, 6.45) is 0. The zero-order valence-electron chi connectivity index (χ0n) is 12.2. The summed E-state index contributed by atoms with van der Waals surface area (Å²) < 4.78 is 55.8. The standard InChI is InChI=1S/C17H12Br2F4O/c18-9-1-3-15(22)11(5-9)13(7-20)17(24)14(8-21)12-6-10(19)2-4-16(12)23/h1-6,13-14H,7-8H2. The van der Waals surface area contributed by atoms with Crippen molar-refractivity contribution in [1.29, 1.82) is 0 Å². The van der Waals surface area contributed by atoms with Crippen molar-refractivity contribution in [2.24, 2.45) is 0 Å². The Hall–Kier alpha value is -1.21. The highest BCUT2D eigenvalue weighted by atomic mass is 79.9. The lowest BCUT2D eigenvalue weighted by atomic mass is 9.84. The van der Waals surface area contributed by atoms with Crippen molar-refractivity contribution in [3.8, 4) is 0 Å². The highest BCUT2D eigenvalue weighted by Gasteiger charge is 2.33. The molecule has 2 unspecified atom stereocenters. The first-order valence-electron chi connectivity index (χ1n) is 6.94. The lowest BCUT2D eigenvalue weighted by molar-refractivity contribution is -0.122. The van der Waals surface area contributed by atoms with Crippen LogP contribution in [0.3, 0.4) is 0 Å². The number of ketones is 1. The van der Waals surface area contributed by atoms with E-state index in [4.69, 9.17) is 0 Å². The first-order chi connectivity index (χ1) is 11.4. The van der Waals surface area contributed by atoms with Gasteiger partial charge in [0.15, 0.2) is 5.78 Å². The molecular weight excluding hydrogens is 456 g/mol. The van der Waals surface area contributed by atoms with E-state index in [1.54, 1.807) is 0 Å². The average Bonchev–Trinajstić information content (AvgIpc) is 2.55. The fraction of sp³-hybridized carbons (Fsp3) is 0.235. The van der Waals surface area contributed by atoms with E-state index in [0.717, 1.165) is 12.1 Å². The van der Waals surface area contributed by atoms with Crippen molar-refractivity contribution in [2.45, 2.75) is 11.8 Å². The molecule has 0 aromatic heterocycles. The van der Waals surface area contributed by atoms with E-state index in [9.17, 15) is 22.4 Å². The van der Waals surface area contributed by atoms with Gasteiger partial charge in [0, 0.05) is 20.1 Å². The van der Waals surface area contributed by atoms with E-state index in [-0.39, 0.29) is 11.1 Å². The molecule has 0 N–H and O–H groups in total. The van der Waals surface area contributed by atoms with Gasteiger partial charge in [-0.25, -0.2) is 17.6 Å². The van der Waals surface area contributed by atoms with E-state index < -0.39 is 42.6 Å². The smallest absolute Gasteiger partial charge is 0.153 e. The minimum absolute atomic E-state index is 0.189. The maximum atomic E-state index is 14.0. The molecule has 24 heavy (non-hydrogen) atoms. The van der Waals surface area contributed by atoms with Crippen LogP contribution in [0.5, 0.6) is 0 Å². The number of alkyl halides is 2. The molecule has 0 aliphatic heterocycles. The molecule has 0 amide bonds. The van der Waals surface area contributed by atoms with Gasteiger partial charge in [-0.05, 0) is 36.4 Å². The maximum Gasteiger partial charge on any atom is 0.153 e. The van der Waals surface area contributed by atoms with Crippen molar-refractivity contribution in [2.75, 3.05) is 13.3 Å². The largest absolute Gasteiger partial charge is 0.298 e. The molecule has 2 rings (SSSR count). The third-order valence-corrected chi connectivity index (χ3v) is 4.65. The van der Waals surface area contributed by atoms with Crippen LogP contribution in [0.2, 0.25) is 0 Å². The Morgan fingerprint density at radius 3 is 1.54 bits per heavy atom. The maximum absolute atomic E-state index is 14.0. The minimum atomic E-state index is -1.51. The molecule has 0 spiro atoms. The third kappa shape index (κ3) is 4.06. The molecule has 0 saturated carbocycles. The van der Waals surface area contributed by atoms with E-state index in [0.29, 0.717) is 8.95 Å². The van der Waals surface area contributed by atoms with Gasteiger partial charge in [0.2, 0.25) is 0 Å². The van der Waals surface area contributed by atoms with Crippen LogP contribution in [0.1, 0.15) is 23.0 Å². The molecule has 7 heteroatoms. The van der Waals surface area contributed by atoms with Gasteiger partial charge in [-0.15, -0.1) is 0 Å². The normalized spacial score (nSPS) is 13.6. The van der Waals surface area contributed by atoms with E-state index in [1.807, 2.05) is 0 Å². The van der Waals surface area contributed by atoms with Gasteiger partial charge in [-0.3, -0.25) is 4.79 Å². The summed E-state index contributed by atoms with van der Waals surface area (Å²) in [6.45, 7) is -2.42. The quantitative estimate of drug-likeness (QED) is 0.486. The molecule has 0 aliphatic rings. The number of rotatable bonds is 6. The first-order valence-corrected chi connectivity index (χ1v) is 8.53. The lowest BCUT2D eigenvalue weighted by Crippen LogP contribution is -2.25. The van der Waals surface area contributed by atoms with Crippen molar-refractivity contribution in [3.63, 3.8) is 0 Å². The van der Waals surface area contributed by atoms with Crippen molar-refractivity contribution < 1.29 is 22.4 Å². The number of halogens is 6. The Morgan fingerprint density at radius 2 is 1.21 bits per heavy atom. The summed E-state index contributed by atoms with van der Waals surface area (Å²) in [5.74, 6) is -5.49. The molecule has 1 nitrogen and oxygen atoms in total. The van der Waals surface area contributed by atoms with E-state index in [2.05, 4.69) is 31.9 Å². The van der Waals surface area contributed by atoms with Crippen LogP contribution < -0.4 is 0 Å². The van der Waals surface area contributed by atoms with Crippen molar-refractivity contribution in [1.82, 2.24) is 0 Å². The second-order valence-electron chi connectivity index (χ2n) is 5.15. The highest BCUT2D eigenvalue weighted by Crippen LogP contribution is 2.32. The van der Waals surface area contributed by atoms with Gasteiger partial charge < -0.3 is 0 Å². The summed E-state index contributed by atoms with van der Waals surface area (Å²) in [5, 5.41) is 0. The van der Waals surface area contributed by atoms with Gasteiger partial charge in [0.1, 0.15) is 25.0 Å². The molecular formula is C17H12Br2F4O. The van der Waals surface area contributed by atoms with Crippen LogP contribution in [0.25, 0.3) is 0 Å². The van der Waals surface area contributed by atoms with Gasteiger partial charge in [0.25, 0.3) is 0 Å². The Morgan fingerprint density at radius 1 is 0.833 bits per heavy atom. The van der Waals surface area contributed by atoms with Gasteiger partial charge in [-0.2, -0.15) is 0 Å². The van der Waals surface area contributed by atoms with Crippen LogP contribution >= 0.6 is 31.9 Å². The summed E-state index contributed by atoms with van der Waals surface area (Å²) in [7, 11) is 0. The average molecular weight is 468 g/mol. The summed E-state index contributed by atoms with van der Waals surface area (Å²) in [4.78, 5) is 12.6. The molecule has 2 atom stereocenters. The fourth-order valence-electron chi connectivity index (χ4n) is 2.43. The van der Waals surface area contributed by atoms with E-state index in [1.165, 1.54) is 24.3 Å². The number of carbonyl (C=O) groups is 1. The highest BCUT2D eigenvalue weighted by molar-refractivity contribution is 9.10. The Kier molecular flexibility index (Phi) is 6.57. The third-order valence-electron chi connectivity index (χ3n) is 3.66. The van der Waals surface area contributed by atoms with Gasteiger partial charge in [-0.1, -0.05) is 31.9 Å². The molecule has 0 heterocycles. The molecule has 2 aromatic carbocycles. The fourth-order valence-corrected chi connectivity index (χ4v) is 3.19. The number of benzene rings is 2. The van der Waals surface area contributed by atoms with Gasteiger partial charge >= 0.3 is 0 Å². The molecule has 0 bridgehead atoms. The Bertz CT molecular complexity index is 690. The van der Waals surface area contributed by atoms with Crippen LogP contribution in [0, 0.1) is 11.6 Å². The molecule has 0 fully saturated rings. The second-order valence-corrected chi connectivity index (χ2v) is 6.98. The number of hydrogen-bond acceptors (Lipinski definition) is 1. The number of carbonyl (C=O) groups excluding carboxylic acids is 1. The number of hydrogen-bond donors (Lipinski definition) is 0. The topological polar surface area (TPSA) is 17.1 Å². The van der Waals surface area contributed by atoms with Crippen molar-refractivity contribution >= 4 is 37.6 Å². The molecule has 0 radical (unpaired) electrons. The summed E-state index contributed by atoms with van der Waals surface area (Å²) in [5.41, 5.74) is -0.378. The van der Waals surface area contributed by atoms with Crippen LogP contribution in [0.4, 0.5) is 17.6 Å². The molecule has 0 aliphatic carbocycles. The summed E-state index contributed by atoms with van der Waals surface area (Å²) >= 11 is 6.24. The first kappa shape index (κ1) is 19.1. The predicted octanol–water partition coefficient (Wildman–Crippen LogP) is 5.87. The van der Waals surface area contributed by atoms with Crippen LogP contribution in [-0.2, 0) is 4.79 Å².